The minimum absolute atomic E-state index is 0.0270. The molecule has 1 aromatic rings. The molecular formula is C14H24N4O2. The lowest BCUT2D eigenvalue weighted by Crippen LogP contribution is -2.42. The topological polar surface area (TPSA) is 69.9 Å². The largest absolute Gasteiger partial charge is 0.469 e. The molecule has 1 amide bonds. The molecule has 112 valence electrons. The van der Waals surface area contributed by atoms with Crippen molar-refractivity contribution in [1.82, 2.24) is 15.5 Å². The first-order valence-electron chi connectivity index (χ1n) is 6.76. The van der Waals surface area contributed by atoms with E-state index in [-0.39, 0.29) is 18.5 Å². The first kappa shape index (κ1) is 16.1. The van der Waals surface area contributed by atoms with E-state index in [0.717, 1.165) is 12.2 Å². The number of amides is 1. The smallest absolute Gasteiger partial charge is 0.243 e. The second kappa shape index (κ2) is 8.24. The molecule has 2 N–H and O–H groups in total. The second-order valence-corrected chi connectivity index (χ2v) is 5.01. The van der Waals surface area contributed by atoms with E-state index in [2.05, 4.69) is 15.6 Å². The lowest BCUT2D eigenvalue weighted by atomic mass is 10.3. The Kier molecular flexibility index (Phi) is 6.63. The summed E-state index contributed by atoms with van der Waals surface area (Å²) >= 11 is 0. The minimum Gasteiger partial charge on any atom is -0.469 e. The number of hydrogen-bond donors (Lipinski definition) is 2. The maximum absolute atomic E-state index is 11.5. The van der Waals surface area contributed by atoms with E-state index in [4.69, 9.17) is 4.42 Å². The van der Waals surface area contributed by atoms with E-state index in [1.54, 1.807) is 20.4 Å². The second-order valence-electron chi connectivity index (χ2n) is 5.01. The third-order valence-corrected chi connectivity index (χ3v) is 2.54. The Balaban J connectivity index is 2.46. The van der Waals surface area contributed by atoms with E-state index in [1.165, 1.54) is 4.90 Å². The predicted octanol–water partition coefficient (Wildman–Crippen LogP) is 0.854. The van der Waals surface area contributed by atoms with Crippen molar-refractivity contribution >= 4 is 11.9 Å². The van der Waals surface area contributed by atoms with Gasteiger partial charge < -0.3 is 20.0 Å². The van der Waals surface area contributed by atoms with Gasteiger partial charge in [-0.2, -0.15) is 0 Å². The summed E-state index contributed by atoms with van der Waals surface area (Å²) in [5, 5.41) is 6.38. The van der Waals surface area contributed by atoms with Crippen LogP contribution in [0.1, 0.15) is 19.6 Å². The molecular weight excluding hydrogens is 256 g/mol. The van der Waals surface area contributed by atoms with Crippen LogP contribution in [0.4, 0.5) is 0 Å². The number of hydrogen-bond acceptors (Lipinski definition) is 3. The van der Waals surface area contributed by atoms with Crippen molar-refractivity contribution in [3.05, 3.63) is 24.2 Å². The average Bonchev–Trinajstić information content (AvgIpc) is 2.87. The Morgan fingerprint density at radius 2 is 2.20 bits per heavy atom. The van der Waals surface area contributed by atoms with Crippen molar-refractivity contribution in [3.63, 3.8) is 0 Å². The van der Waals surface area contributed by atoms with Crippen LogP contribution in [-0.2, 0) is 11.2 Å². The van der Waals surface area contributed by atoms with Gasteiger partial charge in [0.05, 0.1) is 6.26 Å². The molecule has 0 bridgehead atoms. The summed E-state index contributed by atoms with van der Waals surface area (Å²) in [6.45, 7) is 4.88. The maximum Gasteiger partial charge on any atom is 0.243 e. The van der Waals surface area contributed by atoms with Crippen LogP contribution in [0.25, 0.3) is 0 Å². The molecule has 0 saturated heterocycles. The number of nitrogens with zero attached hydrogens (tertiary/aromatic N) is 2. The summed E-state index contributed by atoms with van der Waals surface area (Å²) in [5.41, 5.74) is 0. The van der Waals surface area contributed by atoms with E-state index < -0.39 is 0 Å². The molecule has 1 rings (SSSR count). The van der Waals surface area contributed by atoms with Gasteiger partial charge in [-0.25, -0.2) is 4.99 Å². The number of rotatable bonds is 6. The highest BCUT2D eigenvalue weighted by Crippen LogP contribution is 1.99. The van der Waals surface area contributed by atoms with Crippen molar-refractivity contribution < 1.29 is 9.21 Å². The molecule has 0 aromatic carbocycles. The summed E-state index contributed by atoms with van der Waals surface area (Å²) in [4.78, 5) is 17.3. The molecule has 0 aliphatic rings. The maximum atomic E-state index is 11.5. The Morgan fingerprint density at radius 3 is 2.75 bits per heavy atom. The normalized spacial score (nSPS) is 11.6. The van der Waals surface area contributed by atoms with E-state index in [1.807, 2.05) is 26.0 Å². The summed E-state index contributed by atoms with van der Waals surface area (Å²) < 4.78 is 5.26. The summed E-state index contributed by atoms with van der Waals surface area (Å²) in [6.07, 6.45) is 2.43. The molecule has 6 heteroatoms. The summed E-state index contributed by atoms with van der Waals surface area (Å²) in [7, 11) is 3.44. The predicted molar refractivity (Wildman–Crippen MR) is 79.7 cm³/mol. The molecule has 0 spiro atoms. The Labute approximate surface area is 120 Å². The molecule has 0 fully saturated rings. The third kappa shape index (κ3) is 6.26. The minimum atomic E-state index is -0.0270. The highest BCUT2D eigenvalue weighted by atomic mass is 16.3. The van der Waals surface area contributed by atoms with Crippen LogP contribution in [0.5, 0.6) is 0 Å². The van der Waals surface area contributed by atoms with Crippen LogP contribution in [0.15, 0.2) is 27.8 Å². The van der Waals surface area contributed by atoms with Crippen LogP contribution in [0.3, 0.4) is 0 Å². The van der Waals surface area contributed by atoms with Gasteiger partial charge in [-0.05, 0) is 26.0 Å². The number of likely N-dealkylation sites (N-methyl/N-ethyl adjacent to an activating group) is 1. The zero-order valence-corrected chi connectivity index (χ0v) is 12.6. The zero-order valence-electron chi connectivity index (χ0n) is 12.6. The fourth-order valence-corrected chi connectivity index (χ4v) is 1.47. The average molecular weight is 280 g/mol. The number of nitrogens with one attached hydrogen (secondary N) is 2. The van der Waals surface area contributed by atoms with Gasteiger partial charge in [0.15, 0.2) is 5.96 Å². The van der Waals surface area contributed by atoms with Gasteiger partial charge >= 0.3 is 0 Å². The number of guanidine groups is 1. The molecule has 6 nitrogen and oxygen atoms in total. The quantitative estimate of drug-likeness (QED) is 0.599. The van der Waals surface area contributed by atoms with Crippen molar-refractivity contribution in [2.45, 2.75) is 26.3 Å². The van der Waals surface area contributed by atoms with Crippen LogP contribution >= 0.6 is 0 Å². The van der Waals surface area contributed by atoms with Gasteiger partial charge in [0, 0.05) is 33.1 Å². The fraction of sp³-hybridized carbons (Fsp3) is 0.571. The van der Waals surface area contributed by atoms with Gasteiger partial charge in [0.1, 0.15) is 12.3 Å². The van der Waals surface area contributed by atoms with Gasteiger partial charge in [-0.3, -0.25) is 4.79 Å². The lowest BCUT2D eigenvalue weighted by molar-refractivity contribution is -0.127. The molecule has 20 heavy (non-hydrogen) atoms. The standard InChI is InChI=1S/C14H24N4O2/c1-11(2)17-14(16-10-13(19)18(3)4)15-8-7-12-6-5-9-20-12/h5-6,9,11H,7-8,10H2,1-4H3,(H2,15,16,17). The SMILES string of the molecule is CC(C)NC(=NCC(=O)N(C)C)NCCc1ccco1. The number of carbonyl (C=O) groups excluding carboxylic acids is 1. The van der Waals surface area contributed by atoms with E-state index >= 15 is 0 Å². The first-order valence-corrected chi connectivity index (χ1v) is 6.76. The number of furan rings is 1. The highest BCUT2D eigenvalue weighted by Gasteiger charge is 2.05. The monoisotopic (exact) mass is 280 g/mol. The van der Waals surface area contributed by atoms with Crippen molar-refractivity contribution in [2.24, 2.45) is 4.99 Å². The molecule has 1 aromatic heterocycles. The number of aliphatic imine (C=N–C) groups is 1. The van der Waals surface area contributed by atoms with Gasteiger partial charge in [0.2, 0.25) is 5.91 Å². The molecule has 0 saturated carbocycles. The summed E-state index contributed by atoms with van der Waals surface area (Å²) in [6, 6.07) is 4.05. The molecule has 0 aliphatic carbocycles. The van der Waals surface area contributed by atoms with Crippen LogP contribution in [-0.4, -0.2) is 50.0 Å². The van der Waals surface area contributed by atoms with E-state index in [0.29, 0.717) is 12.5 Å². The Morgan fingerprint density at radius 1 is 1.45 bits per heavy atom. The first-order chi connectivity index (χ1) is 9.49. The third-order valence-electron chi connectivity index (χ3n) is 2.54. The molecule has 1 heterocycles. The van der Waals surface area contributed by atoms with Crippen molar-refractivity contribution in [1.29, 1.82) is 0 Å². The van der Waals surface area contributed by atoms with Gasteiger partial charge in [-0.15, -0.1) is 0 Å². The summed E-state index contributed by atoms with van der Waals surface area (Å²) in [5.74, 6) is 1.54. The molecule has 0 unspecified atom stereocenters. The van der Waals surface area contributed by atoms with Crippen LogP contribution in [0, 0.1) is 0 Å². The van der Waals surface area contributed by atoms with Crippen molar-refractivity contribution in [3.8, 4) is 0 Å². The lowest BCUT2D eigenvalue weighted by Gasteiger charge is -2.15. The molecule has 0 aliphatic heterocycles. The molecule has 0 atom stereocenters. The fourth-order valence-electron chi connectivity index (χ4n) is 1.47. The Hall–Kier alpha value is -1.98. The van der Waals surface area contributed by atoms with Crippen LogP contribution in [0.2, 0.25) is 0 Å². The van der Waals surface area contributed by atoms with E-state index in [9.17, 15) is 4.79 Å². The molecule has 0 radical (unpaired) electrons. The Bertz CT molecular complexity index is 424. The highest BCUT2D eigenvalue weighted by molar-refractivity contribution is 5.84. The number of carbonyl (C=O) groups is 1. The van der Waals surface area contributed by atoms with Gasteiger partial charge in [0.25, 0.3) is 0 Å². The van der Waals surface area contributed by atoms with Crippen molar-refractivity contribution in [2.75, 3.05) is 27.2 Å². The van der Waals surface area contributed by atoms with Crippen LogP contribution < -0.4 is 10.6 Å². The van der Waals surface area contributed by atoms with Gasteiger partial charge in [-0.1, -0.05) is 0 Å². The zero-order chi connectivity index (χ0) is 15.0.